The second-order valence-corrected chi connectivity index (χ2v) is 4.76. The molecule has 0 amide bonds. The van der Waals surface area contributed by atoms with Crippen LogP contribution in [0.2, 0.25) is 0 Å². The predicted molar refractivity (Wildman–Crippen MR) is 85.9 cm³/mol. The average Bonchev–Trinajstić information content (AvgIpc) is 3.08. The zero-order valence-corrected chi connectivity index (χ0v) is 13.0. The van der Waals surface area contributed by atoms with E-state index in [0.29, 0.717) is 19.0 Å². The highest BCUT2D eigenvalue weighted by Gasteiger charge is 2.09. The Morgan fingerprint density at radius 3 is 2.73 bits per heavy atom. The molecule has 1 heterocycles. The molecule has 0 aliphatic heterocycles. The first-order valence-electron chi connectivity index (χ1n) is 7.37. The van der Waals surface area contributed by atoms with Crippen molar-refractivity contribution in [1.29, 1.82) is 0 Å². The maximum absolute atomic E-state index is 5.94. The third-order valence-electron chi connectivity index (χ3n) is 3.15. The minimum absolute atomic E-state index is 0.0769. The molecule has 1 aromatic carbocycles. The Bertz CT molecular complexity index is 555. The summed E-state index contributed by atoms with van der Waals surface area (Å²) in [5, 5.41) is 10.3. The minimum Gasteiger partial charge on any atom is -0.489 e. The highest BCUT2D eigenvalue weighted by Crippen LogP contribution is 2.11. The SMILES string of the molecule is CCC(CNC(=NC)NCc1ccon1)Oc1ccccc1. The molecule has 22 heavy (non-hydrogen) atoms. The van der Waals surface area contributed by atoms with Crippen LogP contribution in [0.15, 0.2) is 52.2 Å². The molecule has 2 rings (SSSR count). The van der Waals surface area contributed by atoms with Crippen molar-refractivity contribution in [2.45, 2.75) is 26.0 Å². The summed E-state index contributed by atoms with van der Waals surface area (Å²) in [6.45, 7) is 3.33. The van der Waals surface area contributed by atoms with Gasteiger partial charge in [0.1, 0.15) is 23.8 Å². The van der Waals surface area contributed by atoms with E-state index in [4.69, 9.17) is 9.26 Å². The van der Waals surface area contributed by atoms with Gasteiger partial charge >= 0.3 is 0 Å². The van der Waals surface area contributed by atoms with E-state index in [1.54, 1.807) is 13.3 Å². The molecule has 118 valence electrons. The first-order chi connectivity index (χ1) is 10.8. The van der Waals surface area contributed by atoms with E-state index in [2.05, 4.69) is 27.7 Å². The van der Waals surface area contributed by atoms with Crippen LogP contribution >= 0.6 is 0 Å². The Hall–Kier alpha value is -2.50. The molecule has 0 aliphatic rings. The first-order valence-corrected chi connectivity index (χ1v) is 7.37. The standard InChI is InChI=1S/C16H22N4O2/c1-3-14(22-15-7-5-4-6-8-15)12-19-16(17-2)18-11-13-9-10-21-20-13/h4-10,14H,3,11-12H2,1-2H3,(H2,17,18,19). The molecule has 1 unspecified atom stereocenters. The summed E-state index contributed by atoms with van der Waals surface area (Å²) in [7, 11) is 1.73. The Kier molecular flexibility index (Phi) is 6.29. The topological polar surface area (TPSA) is 71.7 Å². The van der Waals surface area contributed by atoms with Crippen molar-refractivity contribution < 1.29 is 9.26 Å². The Balaban J connectivity index is 1.78. The van der Waals surface area contributed by atoms with Gasteiger partial charge in [-0.1, -0.05) is 30.3 Å². The van der Waals surface area contributed by atoms with Crippen molar-refractivity contribution in [3.63, 3.8) is 0 Å². The number of hydrogen-bond acceptors (Lipinski definition) is 4. The molecule has 6 nitrogen and oxygen atoms in total. The average molecular weight is 302 g/mol. The molecule has 2 N–H and O–H groups in total. The second kappa shape index (κ2) is 8.71. The van der Waals surface area contributed by atoms with E-state index in [0.717, 1.165) is 17.9 Å². The maximum Gasteiger partial charge on any atom is 0.191 e. The van der Waals surface area contributed by atoms with Gasteiger partial charge < -0.3 is 19.9 Å². The van der Waals surface area contributed by atoms with Crippen molar-refractivity contribution in [2.24, 2.45) is 4.99 Å². The predicted octanol–water partition coefficient (Wildman–Crippen LogP) is 2.20. The quantitative estimate of drug-likeness (QED) is 0.606. The van der Waals surface area contributed by atoms with E-state index in [1.807, 2.05) is 36.4 Å². The van der Waals surface area contributed by atoms with Gasteiger partial charge in [-0.3, -0.25) is 4.99 Å². The molecule has 0 bridgehead atoms. The van der Waals surface area contributed by atoms with Crippen LogP contribution < -0.4 is 15.4 Å². The van der Waals surface area contributed by atoms with E-state index in [-0.39, 0.29) is 6.10 Å². The van der Waals surface area contributed by atoms with Crippen LogP contribution in [-0.4, -0.2) is 30.8 Å². The number of guanidine groups is 1. The highest BCUT2D eigenvalue weighted by atomic mass is 16.5. The van der Waals surface area contributed by atoms with Gasteiger partial charge in [0.05, 0.1) is 13.1 Å². The number of aliphatic imine (C=N–C) groups is 1. The van der Waals surface area contributed by atoms with Crippen LogP contribution in [0, 0.1) is 0 Å². The normalized spacial score (nSPS) is 12.7. The van der Waals surface area contributed by atoms with Crippen LogP contribution in [0.5, 0.6) is 5.75 Å². The lowest BCUT2D eigenvalue weighted by Gasteiger charge is -2.19. The number of nitrogens with zero attached hydrogens (tertiary/aromatic N) is 2. The Labute approximate surface area is 130 Å². The number of hydrogen-bond donors (Lipinski definition) is 2. The summed E-state index contributed by atoms with van der Waals surface area (Å²) in [4.78, 5) is 4.18. The van der Waals surface area contributed by atoms with Crippen molar-refractivity contribution in [1.82, 2.24) is 15.8 Å². The molecule has 0 saturated heterocycles. The molecule has 0 fully saturated rings. The molecule has 2 aromatic rings. The van der Waals surface area contributed by atoms with Crippen LogP contribution in [-0.2, 0) is 6.54 Å². The largest absolute Gasteiger partial charge is 0.489 e. The zero-order chi connectivity index (χ0) is 15.6. The Morgan fingerprint density at radius 1 is 1.27 bits per heavy atom. The summed E-state index contributed by atoms with van der Waals surface area (Å²) in [5.41, 5.74) is 0.829. The van der Waals surface area contributed by atoms with Crippen molar-refractivity contribution >= 4 is 5.96 Å². The van der Waals surface area contributed by atoms with Crippen molar-refractivity contribution in [3.8, 4) is 5.75 Å². The third kappa shape index (κ3) is 5.12. The molecule has 0 radical (unpaired) electrons. The van der Waals surface area contributed by atoms with Gasteiger partial charge in [0, 0.05) is 13.1 Å². The zero-order valence-electron chi connectivity index (χ0n) is 13.0. The number of rotatable bonds is 7. The number of nitrogens with one attached hydrogen (secondary N) is 2. The fourth-order valence-corrected chi connectivity index (χ4v) is 1.89. The van der Waals surface area contributed by atoms with E-state index in [1.165, 1.54) is 0 Å². The van der Waals surface area contributed by atoms with Crippen LogP contribution in [0.4, 0.5) is 0 Å². The second-order valence-electron chi connectivity index (χ2n) is 4.76. The van der Waals surface area contributed by atoms with E-state index < -0.39 is 0 Å². The fourth-order valence-electron chi connectivity index (χ4n) is 1.89. The lowest BCUT2D eigenvalue weighted by molar-refractivity contribution is 0.199. The first kappa shape index (κ1) is 15.9. The molecular weight excluding hydrogens is 280 g/mol. The van der Waals surface area contributed by atoms with Gasteiger partial charge in [0.15, 0.2) is 5.96 Å². The van der Waals surface area contributed by atoms with E-state index in [9.17, 15) is 0 Å². The Morgan fingerprint density at radius 2 is 2.09 bits per heavy atom. The van der Waals surface area contributed by atoms with Crippen LogP contribution in [0.25, 0.3) is 0 Å². The lowest BCUT2D eigenvalue weighted by Crippen LogP contribution is -2.42. The molecule has 0 aliphatic carbocycles. The number of benzene rings is 1. The number of ether oxygens (including phenoxy) is 1. The van der Waals surface area contributed by atoms with Crippen LogP contribution in [0.1, 0.15) is 19.0 Å². The summed E-state index contributed by atoms with van der Waals surface area (Å²) in [6.07, 6.45) is 2.53. The number of para-hydroxylation sites is 1. The molecule has 0 spiro atoms. The van der Waals surface area contributed by atoms with Crippen molar-refractivity contribution in [2.75, 3.05) is 13.6 Å². The highest BCUT2D eigenvalue weighted by molar-refractivity contribution is 5.79. The summed E-state index contributed by atoms with van der Waals surface area (Å²) < 4.78 is 10.7. The summed E-state index contributed by atoms with van der Waals surface area (Å²) in [5.74, 6) is 1.58. The van der Waals surface area contributed by atoms with Crippen molar-refractivity contribution in [3.05, 3.63) is 48.4 Å². The molecule has 0 saturated carbocycles. The van der Waals surface area contributed by atoms with E-state index >= 15 is 0 Å². The maximum atomic E-state index is 5.94. The molecule has 1 aromatic heterocycles. The number of aromatic nitrogens is 1. The van der Waals surface area contributed by atoms with Gasteiger partial charge in [-0.05, 0) is 18.6 Å². The van der Waals surface area contributed by atoms with Gasteiger partial charge in [0.2, 0.25) is 0 Å². The monoisotopic (exact) mass is 302 g/mol. The van der Waals surface area contributed by atoms with Gasteiger partial charge in [-0.2, -0.15) is 0 Å². The van der Waals surface area contributed by atoms with Gasteiger partial charge in [0.25, 0.3) is 0 Å². The van der Waals surface area contributed by atoms with Gasteiger partial charge in [-0.15, -0.1) is 0 Å². The summed E-state index contributed by atoms with van der Waals surface area (Å²) >= 11 is 0. The summed E-state index contributed by atoms with van der Waals surface area (Å²) in [6, 6.07) is 11.6. The smallest absolute Gasteiger partial charge is 0.191 e. The molecule has 6 heteroatoms. The third-order valence-corrected chi connectivity index (χ3v) is 3.15. The fraction of sp³-hybridized carbons (Fsp3) is 0.375. The molecule has 1 atom stereocenters. The van der Waals surface area contributed by atoms with Gasteiger partial charge in [-0.25, -0.2) is 0 Å². The molecular formula is C16H22N4O2. The lowest BCUT2D eigenvalue weighted by atomic mass is 10.2. The van der Waals surface area contributed by atoms with Crippen LogP contribution in [0.3, 0.4) is 0 Å². The minimum atomic E-state index is 0.0769.